The second-order valence-electron chi connectivity index (χ2n) is 4.60. The third-order valence-electron chi connectivity index (χ3n) is 2.83. The van der Waals surface area contributed by atoms with Gasteiger partial charge in [0.2, 0.25) is 0 Å². The third-order valence-corrected chi connectivity index (χ3v) is 2.83. The first-order valence-corrected chi connectivity index (χ1v) is 7.35. The summed E-state index contributed by atoms with van der Waals surface area (Å²) in [5.74, 6) is 6.04. The van der Waals surface area contributed by atoms with Crippen LogP contribution in [0.3, 0.4) is 0 Å². The van der Waals surface area contributed by atoms with Crippen LogP contribution in [0.25, 0.3) is 11.4 Å². The number of aromatic nitrogens is 2. The topological polar surface area (TPSA) is 52.1 Å². The summed E-state index contributed by atoms with van der Waals surface area (Å²) in [7, 11) is 0. The van der Waals surface area contributed by atoms with Gasteiger partial charge >= 0.3 is 5.97 Å². The summed E-state index contributed by atoms with van der Waals surface area (Å²) in [6, 6.07) is 11.1. The Labute approximate surface area is 130 Å². The second-order valence-corrected chi connectivity index (χ2v) is 4.60. The maximum Gasteiger partial charge on any atom is 0.357 e. The Morgan fingerprint density at radius 1 is 1.18 bits per heavy atom. The Kier molecular flexibility index (Phi) is 5.67. The van der Waals surface area contributed by atoms with Crippen LogP contribution in [-0.2, 0) is 4.74 Å². The number of hydrogen-bond acceptors (Lipinski definition) is 4. The van der Waals surface area contributed by atoms with Gasteiger partial charge in [0.15, 0.2) is 11.5 Å². The molecule has 0 saturated heterocycles. The quantitative estimate of drug-likeness (QED) is 0.640. The molecule has 2 rings (SSSR count). The van der Waals surface area contributed by atoms with E-state index in [0.717, 1.165) is 18.4 Å². The molecule has 0 radical (unpaired) electrons. The average Bonchev–Trinajstić information content (AvgIpc) is 2.56. The third kappa shape index (κ3) is 4.16. The van der Waals surface area contributed by atoms with E-state index < -0.39 is 5.97 Å². The fourth-order valence-corrected chi connectivity index (χ4v) is 1.82. The van der Waals surface area contributed by atoms with Crippen molar-refractivity contribution in [3.05, 3.63) is 47.8 Å². The molecule has 2 aromatic rings. The highest BCUT2D eigenvalue weighted by Gasteiger charge is 2.13. The van der Waals surface area contributed by atoms with E-state index in [-0.39, 0.29) is 5.69 Å². The first kappa shape index (κ1) is 15.7. The molecule has 22 heavy (non-hydrogen) atoms. The van der Waals surface area contributed by atoms with Gasteiger partial charge in [-0.15, -0.1) is 0 Å². The van der Waals surface area contributed by atoms with Gasteiger partial charge < -0.3 is 4.74 Å². The zero-order chi connectivity index (χ0) is 15.8. The van der Waals surface area contributed by atoms with Gasteiger partial charge in [0.05, 0.1) is 6.61 Å². The van der Waals surface area contributed by atoms with Gasteiger partial charge in [-0.25, -0.2) is 14.8 Å². The van der Waals surface area contributed by atoms with Crippen LogP contribution in [0.4, 0.5) is 0 Å². The Hall–Kier alpha value is -2.67. The molecular weight excluding hydrogens is 276 g/mol. The predicted molar refractivity (Wildman–Crippen MR) is 85.2 cm³/mol. The van der Waals surface area contributed by atoms with Crippen LogP contribution in [-0.4, -0.2) is 22.5 Å². The Balaban J connectivity index is 2.45. The van der Waals surface area contributed by atoms with Crippen LogP contribution >= 0.6 is 0 Å². The number of carbonyl (C=O) groups is 1. The lowest BCUT2D eigenvalue weighted by Crippen LogP contribution is -2.09. The molecule has 0 unspecified atom stereocenters. The second kappa shape index (κ2) is 7.94. The zero-order valence-corrected chi connectivity index (χ0v) is 12.8. The summed E-state index contributed by atoms with van der Waals surface area (Å²) in [4.78, 5) is 20.7. The van der Waals surface area contributed by atoms with E-state index >= 15 is 0 Å². The molecule has 0 saturated carbocycles. The SMILES string of the molecule is CCCC#Cc1cc(C(=O)OCC)nc(-c2ccccc2)n1. The summed E-state index contributed by atoms with van der Waals surface area (Å²) in [5, 5.41) is 0. The fourth-order valence-electron chi connectivity index (χ4n) is 1.82. The Morgan fingerprint density at radius 3 is 2.64 bits per heavy atom. The summed E-state index contributed by atoms with van der Waals surface area (Å²) in [5.41, 5.74) is 1.61. The monoisotopic (exact) mass is 294 g/mol. The highest BCUT2D eigenvalue weighted by atomic mass is 16.5. The van der Waals surface area contributed by atoms with E-state index in [1.165, 1.54) is 0 Å². The van der Waals surface area contributed by atoms with Gasteiger partial charge in [-0.2, -0.15) is 0 Å². The van der Waals surface area contributed by atoms with Crippen LogP contribution in [0.1, 0.15) is 42.9 Å². The number of nitrogens with zero attached hydrogens (tertiary/aromatic N) is 2. The summed E-state index contributed by atoms with van der Waals surface area (Å²) >= 11 is 0. The molecule has 0 aliphatic rings. The zero-order valence-electron chi connectivity index (χ0n) is 12.8. The molecule has 0 fully saturated rings. The molecule has 1 aromatic carbocycles. The molecule has 112 valence electrons. The maximum atomic E-state index is 11.9. The van der Waals surface area contributed by atoms with E-state index in [1.54, 1.807) is 13.0 Å². The van der Waals surface area contributed by atoms with Gasteiger partial charge in [-0.1, -0.05) is 43.2 Å². The van der Waals surface area contributed by atoms with Crippen LogP contribution in [0, 0.1) is 11.8 Å². The van der Waals surface area contributed by atoms with E-state index in [9.17, 15) is 4.79 Å². The number of esters is 1. The van der Waals surface area contributed by atoms with Crippen molar-refractivity contribution in [1.82, 2.24) is 9.97 Å². The van der Waals surface area contributed by atoms with Crippen molar-refractivity contribution in [1.29, 1.82) is 0 Å². The van der Waals surface area contributed by atoms with Crippen LogP contribution in [0.5, 0.6) is 0 Å². The van der Waals surface area contributed by atoms with Crippen LogP contribution < -0.4 is 0 Å². The van der Waals surface area contributed by atoms with Gasteiger partial charge in [0.25, 0.3) is 0 Å². The summed E-state index contributed by atoms with van der Waals surface area (Å²) in [6.45, 7) is 4.13. The highest BCUT2D eigenvalue weighted by molar-refractivity contribution is 5.88. The first-order chi connectivity index (χ1) is 10.7. The van der Waals surface area contributed by atoms with E-state index in [2.05, 4.69) is 28.7 Å². The molecule has 0 bridgehead atoms. The molecular formula is C18H18N2O2. The lowest BCUT2D eigenvalue weighted by atomic mass is 10.2. The maximum absolute atomic E-state index is 11.9. The molecule has 0 N–H and O–H groups in total. The minimum atomic E-state index is -0.458. The van der Waals surface area contributed by atoms with Gasteiger partial charge in [-0.05, 0) is 19.3 Å². The van der Waals surface area contributed by atoms with Crippen LogP contribution in [0.2, 0.25) is 0 Å². The smallest absolute Gasteiger partial charge is 0.357 e. The molecule has 0 atom stereocenters. The minimum Gasteiger partial charge on any atom is -0.461 e. The largest absolute Gasteiger partial charge is 0.461 e. The van der Waals surface area contributed by atoms with Crippen molar-refractivity contribution in [2.75, 3.05) is 6.61 Å². The minimum absolute atomic E-state index is 0.233. The van der Waals surface area contributed by atoms with Crippen molar-refractivity contribution >= 4 is 5.97 Å². The van der Waals surface area contributed by atoms with E-state index in [1.807, 2.05) is 30.3 Å². The van der Waals surface area contributed by atoms with Gasteiger partial charge in [-0.3, -0.25) is 0 Å². The predicted octanol–water partition coefficient (Wildman–Crippen LogP) is 3.47. The lowest BCUT2D eigenvalue weighted by Gasteiger charge is -2.05. The molecule has 0 aliphatic carbocycles. The molecule has 4 heteroatoms. The molecule has 1 aromatic heterocycles. The van der Waals surface area contributed by atoms with Crippen molar-refractivity contribution < 1.29 is 9.53 Å². The Morgan fingerprint density at radius 2 is 1.95 bits per heavy atom. The number of ether oxygens (including phenoxy) is 1. The van der Waals surface area contributed by atoms with Gasteiger partial charge in [0, 0.05) is 18.1 Å². The normalized spacial score (nSPS) is 9.73. The molecule has 1 heterocycles. The summed E-state index contributed by atoms with van der Waals surface area (Å²) < 4.78 is 5.02. The van der Waals surface area contributed by atoms with Gasteiger partial charge in [0.1, 0.15) is 5.69 Å². The van der Waals surface area contributed by atoms with Crippen molar-refractivity contribution in [3.63, 3.8) is 0 Å². The molecule has 0 aliphatic heterocycles. The molecule has 0 spiro atoms. The summed E-state index contributed by atoms with van der Waals surface area (Å²) in [6.07, 6.45) is 1.77. The van der Waals surface area contributed by atoms with E-state index in [4.69, 9.17) is 4.74 Å². The molecule has 0 amide bonds. The number of rotatable bonds is 4. The fraction of sp³-hybridized carbons (Fsp3) is 0.278. The van der Waals surface area contributed by atoms with Crippen molar-refractivity contribution in [2.24, 2.45) is 0 Å². The number of unbranched alkanes of at least 4 members (excludes halogenated alkanes) is 1. The standard InChI is InChI=1S/C18H18N2O2/c1-3-5-7-12-15-13-16(18(21)22-4-2)20-17(19-15)14-10-8-6-9-11-14/h6,8-11,13H,3-5H2,1-2H3. The lowest BCUT2D eigenvalue weighted by molar-refractivity contribution is 0.0519. The number of benzene rings is 1. The number of carbonyl (C=O) groups excluding carboxylic acids is 1. The number of hydrogen-bond donors (Lipinski definition) is 0. The first-order valence-electron chi connectivity index (χ1n) is 7.35. The van der Waals surface area contributed by atoms with Crippen LogP contribution in [0.15, 0.2) is 36.4 Å². The highest BCUT2D eigenvalue weighted by Crippen LogP contribution is 2.16. The van der Waals surface area contributed by atoms with Crippen molar-refractivity contribution in [2.45, 2.75) is 26.7 Å². The Bertz CT molecular complexity index is 700. The van der Waals surface area contributed by atoms with Crippen molar-refractivity contribution in [3.8, 4) is 23.2 Å². The average molecular weight is 294 g/mol. The molecule has 4 nitrogen and oxygen atoms in total. The van der Waals surface area contributed by atoms with E-state index in [0.29, 0.717) is 18.1 Å².